The Morgan fingerprint density at radius 1 is 1.39 bits per heavy atom. The first-order valence-corrected chi connectivity index (χ1v) is 7.46. The van der Waals surface area contributed by atoms with Crippen LogP contribution < -0.4 is 0 Å². The van der Waals surface area contributed by atoms with Crippen LogP contribution >= 0.6 is 22.7 Å². The van der Waals surface area contributed by atoms with E-state index in [1.165, 1.54) is 11.3 Å². The minimum atomic E-state index is 0.0405. The summed E-state index contributed by atoms with van der Waals surface area (Å²) < 4.78 is 0. The number of aryl methyl sites for hydroxylation is 1. The zero-order chi connectivity index (χ0) is 13.3. The number of carbonyl (C=O) groups excluding carboxylic acids is 1. The van der Waals surface area contributed by atoms with Crippen molar-refractivity contribution in [2.24, 2.45) is 0 Å². The first-order chi connectivity index (χ1) is 8.36. The number of thiazole rings is 2. The molecule has 2 aromatic heterocycles. The van der Waals surface area contributed by atoms with E-state index in [9.17, 15) is 4.79 Å². The van der Waals surface area contributed by atoms with Crippen molar-refractivity contribution in [1.29, 1.82) is 0 Å². The molecule has 0 aromatic carbocycles. The third kappa shape index (κ3) is 3.03. The van der Waals surface area contributed by atoms with Gasteiger partial charge in [0.25, 0.3) is 0 Å². The van der Waals surface area contributed by atoms with Crippen LogP contribution in [0.1, 0.15) is 46.2 Å². The second-order valence-corrected chi connectivity index (χ2v) is 7.40. The molecular formula is C13H16N2OS2. The molecule has 0 unspecified atom stereocenters. The molecule has 2 aromatic rings. The van der Waals surface area contributed by atoms with Gasteiger partial charge in [0.1, 0.15) is 5.01 Å². The summed E-state index contributed by atoms with van der Waals surface area (Å²) in [4.78, 5) is 21.4. The number of hydrogen-bond acceptors (Lipinski definition) is 5. The molecule has 3 nitrogen and oxygen atoms in total. The lowest BCUT2D eigenvalue weighted by Gasteiger charge is -2.14. The number of hydrogen-bond donors (Lipinski definition) is 0. The van der Waals surface area contributed by atoms with E-state index >= 15 is 0 Å². The highest BCUT2D eigenvalue weighted by atomic mass is 32.1. The highest BCUT2D eigenvalue weighted by molar-refractivity contribution is 7.13. The molecule has 18 heavy (non-hydrogen) atoms. The fourth-order valence-electron chi connectivity index (χ4n) is 1.45. The van der Waals surface area contributed by atoms with E-state index in [2.05, 4.69) is 30.7 Å². The molecule has 0 aliphatic carbocycles. The fraction of sp³-hybridized carbons (Fsp3) is 0.462. The molecule has 0 aliphatic heterocycles. The van der Waals surface area contributed by atoms with E-state index < -0.39 is 0 Å². The lowest BCUT2D eigenvalue weighted by atomic mass is 9.93. The molecule has 0 bridgehead atoms. The van der Waals surface area contributed by atoms with Gasteiger partial charge in [-0.2, -0.15) is 0 Å². The third-order valence-electron chi connectivity index (χ3n) is 2.53. The van der Waals surface area contributed by atoms with Crippen LogP contribution in [0.5, 0.6) is 0 Å². The summed E-state index contributed by atoms with van der Waals surface area (Å²) >= 11 is 3.00. The molecule has 96 valence electrons. The number of aromatic nitrogens is 2. The van der Waals surface area contributed by atoms with Gasteiger partial charge in [-0.15, -0.1) is 22.7 Å². The summed E-state index contributed by atoms with van der Waals surface area (Å²) in [7, 11) is 0. The third-order valence-corrected chi connectivity index (χ3v) is 4.33. The minimum Gasteiger partial charge on any atom is -0.293 e. The van der Waals surface area contributed by atoms with E-state index in [-0.39, 0.29) is 11.2 Å². The van der Waals surface area contributed by atoms with Crippen molar-refractivity contribution in [2.75, 3.05) is 0 Å². The largest absolute Gasteiger partial charge is 0.293 e. The average Bonchev–Trinajstić information content (AvgIpc) is 2.85. The lowest BCUT2D eigenvalue weighted by molar-refractivity contribution is 0.0996. The van der Waals surface area contributed by atoms with Crippen molar-refractivity contribution in [2.45, 2.75) is 39.5 Å². The number of nitrogens with zero attached hydrogens (tertiary/aromatic N) is 2. The van der Waals surface area contributed by atoms with Crippen molar-refractivity contribution in [3.05, 3.63) is 32.2 Å². The van der Waals surface area contributed by atoms with Crippen molar-refractivity contribution in [3.8, 4) is 0 Å². The molecule has 0 saturated carbocycles. The molecular weight excluding hydrogens is 264 g/mol. The quantitative estimate of drug-likeness (QED) is 0.806. The van der Waals surface area contributed by atoms with E-state index in [1.54, 1.807) is 17.5 Å². The van der Waals surface area contributed by atoms with Gasteiger partial charge in [0.05, 0.1) is 22.0 Å². The second kappa shape index (κ2) is 4.90. The molecule has 0 spiro atoms. The van der Waals surface area contributed by atoms with Crippen LogP contribution in [0.3, 0.4) is 0 Å². The maximum atomic E-state index is 12.0. The van der Waals surface area contributed by atoms with Gasteiger partial charge < -0.3 is 0 Å². The van der Waals surface area contributed by atoms with Crippen LogP contribution in [0.4, 0.5) is 0 Å². The van der Waals surface area contributed by atoms with E-state index in [0.29, 0.717) is 6.42 Å². The predicted molar refractivity (Wildman–Crippen MR) is 75.7 cm³/mol. The van der Waals surface area contributed by atoms with Crippen molar-refractivity contribution in [1.82, 2.24) is 9.97 Å². The number of Topliss-reactive ketones (excluding diaryl/α,β-unsaturated/α-hetero) is 1. The van der Waals surface area contributed by atoms with Crippen LogP contribution in [-0.4, -0.2) is 15.8 Å². The first kappa shape index (κ1) is 13.4. The summed E-state index contributed by atoms with van der Waals surface area (Å²) in [6.07, 6.45) is 2.03. The molecule has 0 amide bonds. The second-order valence-electron chi connectivity index (χ2n) is 5.22. The standard InChI is InChI=1S/C13H16N2OS2/c1-8-14-6-10(18-8)9(16)5-12-15-11(7-17-12)13(2,3)4/h6-7H,5H2,1-4H3. The van der Waals surface area contributed by atoms with Gasteiger partial charge in [0, 0.05) is 17.0 Å². The maximum absolute atomic E-state index is 12.0. The molecule has 0 fully saturated rings. The maximum Gasteiger partial charge on any atom is 0.181 e. The van der Waals surface area contributed by atoms with Gasteiger partial charge in [-0.1, -0.05) is 20.8 Å². The Bertz CT molecular complexity index is 564. The van der Waals surface area contributed by atoms with Gasteiger partial charge in [-0.25, -0.2) is 9.97 Å². The van der Waals surface area contributed by atoms with E-state index in [1.807, 2.05) is 12.3 Å². The van der Waals surface area contributed by atoms with Crippen LogP contribution in [0, 0.1) is 6.92 Å². The van der Waals surface area contributed by atoms with Crippen LogP contribution in [0.25, 0.3) is 0 Å². The van der Waals surface area contributed by atoms with Gasteiger partial charge in [-0.05, 0) is 6.92 Å². The molecule has 0 N–H and O–H groups in total. The summed E-state index contributed by atoms with van der Waals surface area (Å²) in [5.74, 6) is 0.107. The van der Waals surface area contributed by atoms with Crippen LogP contribution in [0.15, 0.2) is 11.6 Å². The van der Waals surface area contributed by atoms with Gasteiger partial charge in [-0.3, -0.25) is 4.79 Å². The number of ketones is 1. The molecule has 0 aliphatic rings. The summed E-state index contributed by atoms with van der Waals surface area (Å²) in [6.45, 7) is 8.28. The summed E-state index contributed by atoms with van der Waals surface area (Å²) in [5.41, 5.74) is 1.09. The molecule has 5 heteroatoms. The van der Waals surface area contributed by atoms with E-state index in [4.69, 9.17) is 0 Å². The molecule has 0 saturated heterocycles. The Labute approximate surface area is 115 Å². The van der Waals surface area contributed by atoms with Crippen molar-refractivity contribution in [3.63, 3.8) is 0 Å². The SMILES string of the molecule is Cc1ncc(C(=O)Cc2nc(C(C)(C)C)cs2)s1. The zero-order valence-electron chi connectivity index (χ0n) is 11.0. The summed E-state index contributed by atoms with van der Waals surface area (Å²) in [6, 6.07) is 0. The Morgan fingerprint density at radius 3 is 2.61 bits per heavy atom. The topological polar surface area (TPSA) is 42.9 Å². The van der Waals surface area contributed by atoms with Gasteiger partial charge >= 0.3 is 0 Å². The zero-order valence-corrected chi connectivity index (χ0v) is 12.6. The molecule has 2 heterocycles. The smallest absolute Gasteiger partial charge is 0.181 e. The van der Waals surface area contributed by atoms with Crippen molar-refractivity contribution < 1.29 is 4.79 Å². The average molecular weight is 280 g/mol. The Hall–Kier alpha value is -1.07. The van der Waals surface area contributed by atoms with Crippen LogP contribution in [0.2, 0.25) is 0 Å². The number of rotatable bonds is 3. The highest BCUT2D eigenvalue weighted by Crippen LogP contribution is 2.25. The molecule has 0 atom stereocenters. The van der Waals surface area contributed by atoms with Gasteiger partial charge in [0.15, 0.2) is 5.78 Å². The first-order valence-electron chi connectivity index (χ1n) is 5.77. The molecule has 2 rings (SSSR count). The Morgan fingerprint density at radius 2 is 2.11 bits per heavy atom. The summed E-state index contributed by atoms with van der Waals surface area (Å²) in [5, 5.41) is 3.85. The van der Waals surface area contributed by atoms with Crippen molar-refractivity contribution >= 4 is 28.5 Å². The normalized spacial score (nSPS) is 11.8. The van der Waals surface area contributed by atoms with Gasteiger partial charge in [0.2, 0.25) is 0 Å². The Kier molecular flexibility index (Phi) is 3.64. The lowest BCUT2D eigenvalue weighted by Crippen LogP contribution is -2.12. The monoisotopic (exact) mass is 280 g/mol. The Balaban J connectivity index is 2.10. The van der Waals surface area contributed by atoms with E-state index in [0.717, 1.165) is 20.6 Å². The number of carbonyl (C=O) groups is 1. The predicted octanol–water partition coefficient (Wildman–Crippen LogP) is 3.63. The molecule has 0 radical (unpaired) electrons. The van der Waals surface area contributed by atoms with Crippen LogP contribution in [-0.2, 0) is 11.8 Å². The fourth-order valence-corrected chi connectivity index (χ4v) is 3.19. The highest BCUT2D eigenvalue weighted by Gasteiger charge is 2.19. The minimum absolute atomic E-state index is 0.0405.